The normalized spacial score (nSPS) is 15.3. The Balaban J connectivity index is 1.61. The van der Waals surface area contributed by atoms with Crippen LogP contribution in [0.2, 0.25) is 5.02 Å². The predicted molar refractivity (Wildman–Crippen MR) is 140 cm³/mol. The number of benzene rings is 3. The fourth-order valence-electron chi connectivity index (χ4n) is 3.92. The molecule has 1 aliphatic rings. The van der Waals surface area contributed by atoms with E-state index in [9.17, 15) is 9.59 Å². The summed E-state index contributed by atoms with van der Waals surface area (Å²) in [6, 6.07) is 20.7. The van der Waals surface area contributed by atoms with E-state index in [4.69, 9.17) is 33.3 Å². The highest BCUT2D eigenvalue weighted by molar-refractivity contribution is 7.80. The summed E-state index contributed by atoms with van der Waals surface area (Å²) in [5.41, 5.74) is 2.11. The molecule has 2 amide bonds. The molecule has 0 spiro atoms. The molecule has 0 bridgehead atoms. The Bertz CT molecular complexity index is 1240. The number of methoxy groups -OCH3 is 2. The minimum Gasteiger partial charge on any atom is -0.493 e. The van der Waals surface area contributed by atoms with Crippen molar-refractivity contribution in [1.82, 2.24) is 4.90 Å². The van der Waals surface area contributed by atoms with Crippen LogP contribution >= 0.6 is 23.8 Å². The fraction of sp³-hybridized carbons (Fsp3) is 0.192. The highest BCUT2D eigenvalue weighted by Crippen LogP contribution is 2.32. The number of ether oxygens (including phenoxy) is 2. The van der Waals surface area contributed by atoms with E-state index in [2.05, 4.69) is 5.32 Å². The molecule has 35 heavy (non-hydrogen) atoms. The van der Waals surface area contributed by atoms with Gasteiger partial charge in [-0.15, -0.1) is 0 Å². The summed E-state index contributed by atoms with van der Waals surface area (Å²) in [4.78, 5) is 29.7. The van der Waals surface area contributed by atoms with Crippen molar-refractivity contribution in [3.05, 3.63) is 83.4 Å². The number of amides is 2. The van der Waals surface area contributed by atoms with Gasteiger partial charge >= 0.3 is 0 Å². The van der Waals surface area contributed by atoms with Crippen molar-refractivity contribution >= 4 is 52.1 Å². The van der Waals surface area contributed by atoms with E-state index in [0.29, 0.717) is 39.6 Å². The Kier molecular flexibility index (Phi) is 7.53. The zero-order chi connectivity index (χ0) is 24.9. The van der Waals surface area contributed by atoms with Gasteiger partial charge in [-0.3, -0.25) is 14.5 Å². The summed E-state index contributed by atoms with van der Waals surface area (Å²) in [6.45, 7) is 0.313. The Morgan fingerprint density at radius 2 is 1.69 bits per heavy atom. The molecule has 7 nitrogen and oxygen atoms in total. The van der Waals surface area contributed by atoms with Crippen LogP contribution < -0.4 is 19.7 Å². The minimum atomic E-state index is -0.775. The first-order valence-electron chi connectivity index (χ1n) is 10.9. The van der Waals surface area contributed by atoms with E-state index in [1.165, 1.54) is 4.90 Å². The van der Waals surface area contributed by atoms with Gasteiger partial charge in [0.05, 0.1) is 26.3 Å². The average molecular weight is 510 g/mol. The van der Waals surface area contributed by atoms with E-state index in [-0.39, 0.29) is 18.2 Å². The monoisotopic (exact) mass is 509 g/mol. The van der Waals surface area contributed by atoms with Crippen molar-refractivity contribution in [2.45, 2.75) is 19.0 Å². The smallest absolute Gasteiger partial charge is 0.256 e. The van der Waals surface area contributed by atoms with E-state index in [1.807, 2.05) is 42.5 Å². The Hall–Kier alpha value is -3.62. The first-order valence-corrected chi connectivity index (χ1v) is 11.7. The molecule has 1 unspecified atom stereocenters. The average Bonchev–Trinajstić information content (AvgIpc) is 3.09. The van der Waals surface area contributed by atoms with Gasteiger partial charge in [0.2, 0.25) is 5.91 Å². The molecule has 1 N–H and O–H groups in total. The zero-order valence-electron chi connectivity index (χ0n) is 19.2. The van der Waals surface area contributed by atoms with E-state index in [1.54, 1.807) is 49.5 Å². The van der Waals surface area contributed by atoms with E-state index >= 15 is 0 Å². The van der Waals surface area contributed by atoms with Gasteiger partial charge in [-0.25, -0.2) is 0 Å². The highest BCUT2D eigenvalue weighted by Gasteiger charge is 2.44. The summed E-state index contributed by atoms with van der Waals surface area (Å²) in [6.07, 6.45) is -0.0712. The van der Waals surface area contributed by atoms with Crippen LogP contribution in [-0.4, -0.2) is 42.1 Å². The van der Waals surface area contributed by atoms with E-state index < -0.39 is 6.04 Å². The van der Waals surface area contributed by atoms with E-state index in [0.717, 1.165) is 5.56 Å². The van der Waals surface area contributed by atoms with Crippen molar-refractivity contribution in [2.24, 2.45) is 0 Å². The van der Waals surface area contributed by atoms with Crippen molar-refractivity contribution < 1.29 is 19.1 Å². The van der Waals surface area contributed by atoms with Gasteiger partial charge in [-0.1, -0.05) is 35.9 Å². The predicted octanol–water partition coefficient (Wildman–Crippen LogP) is 4.89. The molecule has 1 saturated heterocycles. The number of hydrogen-bond acceptors (Lipinski definition) is 5. The number of rotatable bonds is 8. The molecule has 1 fully saturated rings. The third kappa shape index (κ3) is 5.39. The van der Waals surface area contributed by atoms with Crippen LogP contribution in [0.4, 0.5) is 11.4 Å². The first kappa shape index (κ1) is 24.5. The van der Waals surface area contributed by atoms with Gasteiger partial charge in [0, 0.05) is 17.3 Å². The summed E-state index contributed by atoms with van der Waals surface area (Å²) in [5.74, 6) is 0.605. The molecule has 1 heterocycles. The summed E-state index contributed by atoms with van der Waals surface area (Å²) >= 11 is 11.7. The van der Waals surface area contributed by atoms with Gasteiger partial charge in [-0.2, -0.15) is 0 Å². The third-order valence-electron chi connectivity index (χ3n) is 5.64. The maximum Gasteiger partial charge on any atom is 0.256 e. The molecule has 3 aromatic rings. The second kappa shape index (κ2) is 10.8. The Labute approximate surface area is 214 Å². The molecule has 0 radical (unpaired) electrons. The molecule has 1 atom stereocenters. The Morgan fingerprint density at radius 1 is 1.00 bits per heavy atom. The quantitative estimate of drug-likeness (QED) is 0.436. The number of para-hydroxylation sites is 1. The number of carbonyl (C=O) groups excluding carboxylic acids is 2. The molecule has 180 valence electrons. The van der Waals surface area contributed by atoms with Crippen LogP contribution in [0.3, 0.4) is 0 Å². The van der Waals surface area contributed by atoms with Gasteiger partial charge < -0.3 is 19.7 Å². The number of carbonyl (C=O) groups is 2. The first-order chi connectivity index (χ1) is 16.9. The number of nitrogens with one attached hydrogen (secondary N) is 1. The number of hydrogen-bond donors (Lipinski definition) is 1. The number of anilines is 2. The molecular formula is C26H24ClN3O4S. The van der Waals surface area contributed by atoms with Gasteiger partial charge in [-0.05, 0) is 66.3 Å². The van der Waals surface area contributed by atoms with Crippen molar-refractivity contribution in [1.29, 1.82) is 0 Å². The molecule has 3 aromatic carbocycles. The van der Waals surface area contributed by atoms with Crippen molar-refractivity contribution in [3.63, 3.8) is 0 Å². The number of nitrogens with zero attached hydrogens (tertiary/aromatic N) is 2. The zero-order valence-corrected chi connectivity index (χ0v) is 20.8. The maximum absolute atomic E-state index is 13.5. The molecule has 9 heteroatoms. The second-order valence-electron chi connectivity index (χ2n) is 7.88. The molecular weight excluding hydrogens is 486 g/mol. The molecule has 4 rings (SSSR count). The SMILES string of the molecule is COc1ccc(CN2C(=S)N(c3ccccc3)C(=O)C2CC(=O)Nc2ccc(Cl)cc2)cc1OC. The highest BCUT2D eigenvalue weighted by atomic mass is 35.5. The largest absolute Gasteiger partial charge is 0.493 e. The standard InChI is InChI=1S/C26H24ClN3O4S/c1-33-22-13-8-17(14-23(22)34-2)16-29-21(15-24(31)28-19-11-9-18(27)10-12-19)25(32)30(26(29)35)20-6-4-3-5-7-20/h3-14,21H,15-16H2,1-2H3,(H,28,31). The lowest BCUT2D eigenvalue weighted by atomic mass is 10.1. The van der Waals surface area contributed by atoms with Crippen molar-refractivity contribution in [2.75, 3.05) is 24.4 Å². The lowest BCUT2D eigenvalue weighted by Crippen LogP contribution is -2.37. The lowest BCUT2D eigenvalue weighted by Gasteiger charge is -2.24. The van der Waals surface area contributed by atoms with Gasteiger partial charge in [0.25, 0.3) is 5.91 Å². The van der Waals surface area contributed by atoms with Crippen LogP contribution in [0.5, 0.6) is 11.5 Å². The van der Waals surface area contributed by atoms with Crippen LogP contribution in [-0.2, 0) is 16.1 Å². The third-order valence-corrected chi connectivity index (χ3v) is 6.31. The summed E-state index contributed by atoms with van der Waals surface area (Å²) in [5, 5.41) is 3.73. The van der Waals surface area contributed by atoms with Crippen molar-refractivity contribution in [3.8, 4) is 11.5 Å². The topological polar surface area (TPSA) is 71.1 Å². The molecule has 0 saturated carbocycles. The minimum absolute atomic E-state index is 0.0712. The van der Waals surface area contributed by atoms with Crippen LogP contribution in [0.15, 0.2) is 72.8 Å². The summed E-state index contributed by atoms with van der Waals surface area (Å²) < 4.78 is 10.7. The van der Waals surface area contributed by atoms with Gasteiger partial charge in [0.15, 0.2) is 16.6 Å². The number of thiocarbonyl (C=S) groups is 1. The molecule has 0 aliphatic carbocycles. The van der Waals surface area contributed by atoms with Crippen LogP contribution in [0, 0.1) is 0 Å². The summed E-state index contributed by atoms with van der Waals surface area (Å²) in [7, 11) is 3.13. The van der Waals surface area contributed by atoms with Crippen LogP contribution in [0.25, 0.3) is 0 Å². The fourth-order valence-corrected chi connectivity index (χ4v) is 4.44. The van der Waals surface area contributed by atoms with Gasteiger partial charge in [0.1, 0.15) is 6.04 Å². The van der Waals surface area contributed by atoms with Crippen LogP contribution in [0.1, 0.15) is 12.0 Å². The lowest BCUT2D eigenvalue weighted by molar-refractivity contribution is -0.124. The maximum atomic E-state index is 13.5. The second-order valence-corrected chi connectivity index (χ2v) is 8.69. The Morgan fingerprint density at radius 3 is 2.34 bits per heavy atom. The number of halogens is 1. The molecule has 0 aromatic heterocycles. The molecule has 1 aliphatic heterocycles.